The van der Waals surface area contributed by atoms with E-state index in [1.54, 1.807) is 18.2 Å². The summed E-state index contributed by atoms with van der Waals surface area (Å²) in [6.45, 7) is 1.81. The Labute approximate surface area is 160 Å². The van der Waals surface area contributed by atoms with Crippen LogP contribution in [0, 0.1) is 17.5 Å². The first-order valence-corrected chi connectivity index (χ1v) is 8.85. The van der Waals surface area contributed by atoms with E-state index in [0.717, 1.165) is 12.1 Å². The van der Waals surface area contributed by atoms with Gasteiger partial charge in [-0.05, 0) is 31.0 Å². The van der Waals surface area contributed by atoms with Gasteiger partial charge in [-0.2, -0.15) is 0 Å². The molecule has 1 saturated heterocycles. The first-order chi connectivity index (χ1) is 13.3. The molecule has 0 atom stereocenters. The lowest BCUT2D eigenvalue weighted by Gasteiger charge is -2.42. The topological polar surface area (TPSA) is 61.4 Å². The van der Waals surface area contributed by atoms with Crippen molar-refractivity contribution in [3.63, 3.8) is 0 Å². The van der Waals surface area contributed by atoms with Crippen molar-refractivity contribution in [2.45, 2.75) is 25.3 Å². The van der Waals surface area contributed by atoms with Crippen molar-refractivity contribution in [3.8, 4) is 0 Å². The number of anilines is 1. The van der Waals surface area contributed by atoms with Gasteiger partial charge in [0.25, 0.3) is 0 Å². The predicted molar refractivity (Wildman–Crippen MR) is 98.1 cm³/mol. The lowest BCUT2D eigenvalue weighted by atomic mass is 9.80. The van der Waals surface area contributed by atoms with E-state index in [1.807, 2.05) is 0 Å². The van der Waals surface area contributed by atoms with Gasteiger partial charge in [0.05, 0.1) is 11.2 Å². The van der Waals surface area contributed by atoms with Gasteiger partial charge in [-0.1, -0.05) is 18.2 Å². The number of rotatable bonds is 3. The first kappa shape index (κ1) is 19.7. The van der Waals surface area contributed by atoms with Crippen LogP contribution in [-0.4, -0.2) is 29.9 Å². The van der Waals surface area contributed by atoms with Crippen LogP contribution in [0.4, 0.5) is 23.7 Å². The zero-order chi connectivity index (χ0) is 20.3. The van der Waals surface area contributed by atoms with Crippen molar-refractivity contribution < 1.29 is 22.8 Å². The number of carbonyl (C=O) groups excluding carboxylic acids is 2. The van der Waals surface area contributed by atoms with Crippen LogP contribution in [-0.2, 0) is 10.3 Å². The third-order valence-electron chi connectivity index (χ3n) is 4.88. The van der Waals surface area contributed by atoms with Crippen LogP contribution in [0.2, 0.25) is 0 Å². The van der Waals surface area contributed by atoms with Crippen LogP contribution in [0.15, 0.2) is 42.5 Å². The number of piperidine rings is 1. The van der Waals surface area contributed by atoms with Crippen LogP contribution in [0.1, 0.15) is 25.3 Å². The molecule has 1 fully saturated rings. The second-order valence-electron chi connectivity index (χ2n) is 6.78. The molecular weight excluding hydrogens is 371 g/mol. The first-order valence-electron chi connectivity index (χ1n) is 8.85. The summed E-state index contributed by atoms with van der Waals surface area (Å²) >= 11 is 0. The average molecular weight is 391 g/mol. The second-order valence-corrected chi connectivity index (χ2v) is 6.78. The number of hydrogen-bond donors (Lipinski definition) is 2. The summed E-state index contributed by atoms with van der Waals surface area (Å²) in [6.07, 6.45) is 0.597. The van der Waals surface area contributed by atoms with Gasteiger partial charge < -0.3 is 15.5 Å². The van der Waals surface area contributed by atoms with Crippen LogP contribution in [0.25, 0.3) is 0 Å². The van der Waals surface area contributed by atoms with Gasteiger partial charge in [-0.15, -0.1) is 0 Å². The summed E-state index contributed by atoms with van der Waals surface area (Å²) in [5.41, 5.74) is -0.677. The molecule has 0 bridgehead atoms. The van der Waals surface area contributed by atoms with Crippen molar-refractivity contribution in [2.24, 2.45) is 0 Å². The van der Waals surface area contributed by atoms with Crippen molar-refractivity contribution >= 4 is 17.6 Å². The molecule has 3 rings (SSSR count). The highest BCUT2D eigenvalue weighted by molar-refractivity contribution is 5.89. The molecule has 2 aromatic carbocycles. The maximum absolute atomic E-state index is 14.4. The van der Waals surface area contributed by atoms with E-state index >= 15 is 0 Å². The fourth-order valence-electron chi connectivity index (χ4n) is 3.52. The van der Waals surface area contributed by atoms with E-state index in [2.05, 4.69) is 10.6 Å². The van der Waals surface area contributed by atoms with Crippen LogP contribution in [0.5, 0.6) is 0 Å². The van der Waals surface area contributed by atoms with Gasteiger partial charge >= 0.3 is 6.03 Å². The smallest absolute Gasteiger partial charge is 0.321 e. The van der Waals surface area contributed by atoms with Crippen molar-refractivity contribution in [1.82, 2.24) is 10.2 Å². The molecule has 0 radical (unpaired) electrons. The quantitative estimate of drug-likeness (QED) is 0.837. The highest BCUT2D eigenvalue weighted by Gasteiger charge is 2.39. The molecule has 0 aromatic heterocycles. The average Bonchev–Trinajstić information content (AvgIpc) is 2.64. The Bertz CT molecular complexity index is 896. The molecule has 1 aliphatic heterocycles. The number of carbonyl (C=O) groups is 2. The predicted octanol–water partition coefficient (Wildman–Crippen LogP) is 3.76. The molecule has 28 heavy (non-hydrogen) atoms. The summed E-state index contributed by atoms with van der Waals surface area (Å²) in [4.78, 5) is 25.6. The van der Waals surface area contributed by atoms with Crippen LogP contribution >= 0.6 is 0 Å². The van der Waals surface area contributed by atoms with Gasteiger partial charge in [0.1, 0.15) is 17.5 Å². The molecule has 2 N–H and O–H groups in total. The van der Waals surface area contributed by atoms with Gasteiger partial charge in [0.2, 0.25) is 5.91 Å². The second kappa shape index (κ2) is 7.92. The number of nitrogens with one attached hydrogen (secondary N) is 2. The van der Waals surface area contributed by atoms with E-state index in [4.69, 9.17) is 0 Å². The fourth-order valence-corrected chi connectivity index (χ4v) is 3.52. The van der Waals surface area contributed by atoms with E-state index in [9.17, 15) is 22.8 Å². The van der Waals surface area contributed by atoms with Crippen molar-refractivity contribution in [3.05, 3.63) is 65.5 Å². The SMILES string of the molecule is CC(=O)NC1(c2ccccc2F)CCN(C(=O)Nc2ccc(F)cc2F)CC1. The number of likely N-dealkylation sites (tertiary alicyclic amines) is 1. The Hall–Kier alpha value is -3.03. The Kier molecular flexibility index (Phi) is 5.58. The number of halogens is 3. The summed E-state index contributed by atoms with van der Waals surface area (Å²) in [7, 11) is 0. The van der Waals surface area contributed by atoms with Gasteiger partial charge in [0.15, 0.2) is 0 Å². The third kappa shape index (κ3) is 4.11. The van der Waals surface area contributed by atoms with Gasteiger partial charge in [-0.25, -0.2) is 18.0 Å². The Balaban J connectivity index is 1.74. The minimum atomic E-state index is -0.922. The monoisotopic (exact) mass is 391 g/mol. The zero-order valence-electron chi connectivity index (χ0n) is 15.3. The Morgan fingerprint density at radius 1 is 1.00 bits per heavy atom. The van der Waals surface area contributed by atoms with Gasteiger partial charge in [-0.3, -0.25) is 4.79 Å². The normalized spacial score (nSPS) is 15.8. The molecule has 0 saturated carbocycles. The molecule has 0 spiro atoms. The minimum Gasteiger partial charge on any atom is -0.347 e. The maximum Gasteiger partial charge on any atom is 0.321 e. The molecule has 2 aromatic rings. The lowest BCUT2D eigenvalue weighted by molar-refractivity contribution is -0.121. The molecule has 0 aliphatic carbocycles. The number of amides is 3. The van der Waals surface area contributed by atoms with E-state index in [1.165, 1.54) is 17.9 Å². The molecule has 3 amide bonds. The van der Waals surface area contributed by atoms with E-state index in [0.29, 0.717) is 24.5 Å². The number of benzene rings is 2. The largest absolute Gasteiger partial charge is 0.347 e. The molecule has 8 heteroatoms. The zero-order valence-corrected chi connectivity index (χ0v) is 15.3. The molecule has 0 unspecified atom stereocenters. The third-order valence-corrected chi connectivity index (χ3v) is 4.88. The van der Waals surface area contributed by atoms with Gasteiger partial charge in [0, 0.05) is 31.6 Å². The summed E-state index contributed by atoms with van der Waals surface area (Å²) in [6, 6.07) is 8.55. The standard InChI is InChI=1S/C20H20F3N3O2/c1-13(27)25-20(15-4-2-3-5-16(15)22)8-10-26(11-9-20)19(28)24-18-7-6-14(21)12-17(18)23/h2-7,12H,8-11H2,1H3,(H,24,28)(H,25,27). The van der Waals surface area contributed by atoms with Crippen LogP contribution in [0.3, 0.4) is 0 Å². The van der Waals surface area contributed by atoms with Crippen molar-refractivity contribution in [1.29, 1.82) is 0 Å². The number of nitrogens with zero attached hydrogens (tertiary/aromatic N) is 1. The molecule has 1 heterocycles. The highest BCUT2D eigenvalue weighted by atomic mass is 19.1. The maximum atomic E-state index is 14.4. The summed E-state index contributed by atoms with van der Waals surface area (Å²) < 4.78 is 41.1. The molecule has 5 nitrogen and oxygen atoms in total. The lowest BCUT2D eigenvalue weighted by Crippen LogP contribution is -2.54. The summed E-state index contributed by atoms with van der Waals surface area (Å²) in [5, 5.41) is 5.25. The molecular formula is C20H20F3N3O2. The minimum absolute atomic E-state index is 0.126. The molecule has 148 valence electrons. The fraction of sp³-hybridized carbons (Fsp3) is 0.300. The number of hydrogen-bond acceptors (Lipinski definition) is 2. The summed E-state index contributed by atoms with van der Waals surface area (Å²) in [5.74, 6) is -2.33. The van der Waals surface area contributed by atoms with E-state index < -0.39 is 29.0 Å². The Morgan fingerprint density at radius 2 is 1.68 bits per heavy atom. The Morgan fingerprint density at radius 3 is 2.29 bits per heavy atom. The molecule has 1 aliphatic rings. The van der Waals surface area contributed by atoms with Crippen molar-refractivity contribution in [2.75, 3.05) is 18.4 Å². The highest BCUT2D eigenvalue weighted by Crippen LogP contribution is 2.34. The van der Waals surface area contributed by atoms with E-state index in [-0.39, 0.29) is 24.7 Å². The van der Waals surface area contributed by atoms with Crippen LogP contribution < -0.4 is 10.6 Å². The number of urea groups is 1.